The number of nitrogens with zero attached hydrogens (tertiary/aromatic N) is 6. The first-order valence-corrected chi connectivity index (χ1v) is 14.0. The third-order valence-corrected chi connectivity index (χ3v) is 7.67. The van der Waals surface area contributed by atoms with Gasteiger partial charge in [0.15, 0.2) is 0 Å². The van der Waals surface area contributed by atoms with Gasteiger partial charge in [0.25, 0.3) is 0 Å². The predicted octanol–water partition coefficient (Wildman–Crippen LogP) is 7.32. The van der Waals surface area contributed by atoms with Crippen LogP contribution >= 0.6 is 11.6 Å². The number of pyridine rings is 1. The van der Waals surface area contributed by atoms with Crippen LogP contribution < -0.4 is 10.6 Å². The minimum Gasteiger partial charge on any atom is -0.377 e. The van der Waals surface area contributed by atoms with Crippen LogP contribution in [0.4, 0.5) is 11.4 Å². The van der Waals surface area contributed by atoms with Crippen LogP contribution in [0.25, 0.3) is 10.9 Å². The summed E-state index contributed by atoms with van der Waals surface area (Å²) < 4.78 is 1.91. The Bertz CT molecular complexity index is 1800. The van der Waals surface area contributed by atoms with Crippen LogP contribution in [-0.4, -0.2) is 20.0 Å². The quantitative estimate of drug-likeness (QED) is 0.195. The van der Waals surface area contributed by atoms with Gasteiger partial charge in [0.05, 0.1) is 57.7 Å². The van der Waals surface area contributed by atoms with Crippen LogP contribution in [0.5, 0.6) is 0 Å². The average Bonchev–Trinajstić information content (AvgIpc) is 3.75. The third-order valence-electron chi connectivity index (χ3n) is 7.38. The molecular weight excluding hydrogens is 532 g/mol. The number of fused-ring (bicyclic) bond motifs is 1. The summed E-state index contributed by atoms with van der Waals surface area (Å²) in [6.07, 6.45) is 6.53. The minimum atomic E-state index is -0.388. The summed E-state index contributed by atoms with van der Waals surface area (Å²) in [7, 11) is 0. The molecule has 202 valence electrons. The van der Waals surface area contributed by atoms with Crippen molar-refractivity contribution in [3.8, 4) is 12.1 Å². The molecule has 2 heterocycles. The lowest BCUT2D eigenvalue weighted by Gasteiger charge is -2.22. The first-order chi connectivity index (χ1) is 20.1. The lowest BCUT2D eigenvalue weighted by molar-refractivity contribution is 0.610. The first kappa shape index (κ1) is 26.3. The van der Waals surface area contributed by atoms with E-state index >= 15 is 0 Å². The molecule has 1 aliphatic rings. The minimum absolute atomic E-state index is 0.0109. The van der Waals surface area contributed by atoms with Crippen molar-refractivity contribution >= 4 is 33.9 Å². The van der Waals surface area contributed by atoms with Crippen molar-refractivity contribution in [3.63, 3.8) is 0 Å². The molecule has 0 aliphatic heterocycles. The van der Waals surface area contributed by atoms with Gasteiger partial charge in [-0.1, -0.05) is 66.2 Å². The zero-order valence-corrected chi connectivity index (χ0v) is 23.2. The molecule has 6 rings (SSSR count). The Labute approximate surface area is 243 Å². The van der Waals surface area contributed by atoms with E-state index in [0.717, 1.165) is 47.2 Å². The number of aromatic nitrogens is 4. The molecule has 1 fully saturated rings. The van der Waals surface area contributed by atoms with Gasteiger partial charge in [-0.05, 0) is 54.7 Å². The van der Waals surface area contributed by atoms with Crippen molar-refractivity contribution in [2.45, 2.75) is 44.3 Å². The normalized spacial score (nSPS) is 14.1. The maximum atomic E-state index is 9.99. The fourth-order valence-corrected chi connectivity index (χ4v) is 5.35. The molecule has 41 heavy (non-hydrogen) atoms. The average molecular weight is 559 g/mol. The van der Waals surface area contributed by atoms with Gasteiger partial charge in [0.1, 0.15) is 11.8 Å². The largest absolute Gasteiger partial charge is 0.377 e. The van der Waals surface area contributed by atoms with E-state index in [0.29, 0.717) is 33.4 Å². The summed E-state index contributed by atoms with van der Waals surface area (Å²) >= 11 is 6.81. The van der Waals surface area contributed by atoms with E-state index in [1.807, 2.05) is 59.4 Å². The van der Waals surface area contributed by atoms with Crippen molar-refractivity contribution in [3.05, 3.63) is 112 Å². The summed E-state index contributed by atoms with van der Waals surface area (Å²) in [6.45, 7) is 2.11. The lowest BCUT2D eigenvalue weighted by Crippen LogP contribution is -2.14. The fraction of sp³-hybridized carbons (Fsp3) is 0.219. The zero-order valence-electron chi connectivity index (χ0n) is 22.4. The Balaban J connectivity index is 1.44. The van der Waals surface area contributed by atoms with Crippen molar-refractivity contribution in [1.29, 1.82) is 10.5 Å². The molecule has 0 bridgehead atoms. The Morgan fingerprint density at radius 1 is 1.00 bits per heavy atom. The van der Waals surface area contributed by atoms with Gasteiger partial charge in [-0.2, -0.15) is 10.5 Å². The van der Waals surface area contributed by atoms with Crippen molar-refractivity contribution in [2.24, 2.45) is 0 Å². The molecule has 2 atom stereocenters. The molecular formula is C32H27ClN8. The second-order valence-electron chi connectivity index (χ2n) is 10.2. The summed E-state index contributed by atoms with van der Waals surface area (Å²) in [5, 5.41) is 36.8. The molecule has 0 radical (unpaired) electrons. The second-order valence-corrected chi connectivity index (χ2v) is 10.6. The van der Waals surface area contributed by atoms with Crippen LogP contribution in [-0.2, 0) is 0 Å². The number of rotatable bonds is 9. The van der Waals surface area contributed by atoms with Gasteiger partial charge in [-0.3, -0.25) is 4.98 Å². The fourth-order valence-electron chi connectivity index (χ4n) is 5.09. The van der Waals surface area contributed by atoms with E-state index in [1.165, 1.54) is 0 Å². The summed E-state index contributed by atoms with van der Waals surface area (Å²) in [5.41, 5.74) is 5.74. The highest BCUT2D eigenvalue weighted by atomic mass is 35.5. The lowest BCUT2D eigenvalue weighted by atomic mass is 10.0. The van der Waals surface area contributed by atoms with Crippen LogP contribution in [0.1, 0.15) is 72.3 Å². The highest BCUT2D eigenvalue weighted by Crippen LogP contribution is 2.38. The van der Waals surface area contributed by atoms with Crippen molar-refractivity contribution < 1.29 is 0 Å². The van der Waals surface area contributed by atoms with Crippen LogP contribution in [0.3, 0.4) is 0 Å². The monoisotopic (exact) mass is 558 g/mol. The topological polar surface area (TPSA) is 115 Å². The summed E-state index contributed by atoms with van der Waals surface area (Å²) in [4.78, 5) is 4.52. The van der Waals surface area contributed by atoms with E-state index in [9.17, 15) is 10.5 Å². The van der Waals surface area contributed by atoms with E-state index in [4.69, 9.17) is 11.6 Å². The Hall–Kier alpha value is -4.92. The van der Waals surface area contributed by atoms with Gasteiger partial charge < -0.3 is 10.6 Å². The van der Waals surface area contributed by atoms with Gasteiger partial charge in [-0.15, -0.1) is 5.10 Å². The summed E-state index contributed by atoms with van der Waals surface area (Å²) in [5.74, 6) is 0. The molecule has 2 N–H and O–H groups in total. The van der Waals surface area contributed by atoms with E-state index < -0.39 is 0 Å². The van der Waals surface area contributed by atoms with Gasteiger partial charge in [0.2, 0.25) is 0 Å². The van der Waals surface area contributed by atoms with E-state index in [-0.39, 0.29) is 12.1 Å². The molecule has 1 unspecified atom stereocenters. The van der Waals surface area contributed by atoms with Crippen LogP contribution in [0, 0.1) is 22.7 Å². The number of benzene rings is 3. The molecule has 8 nitrogen and oxygen atoms in total. The highest BCUT2D eigenvalue weighted by molar-refractivity contribution is 6.35. The molecule has 3 aromatic carbocycles. The van der Waals surface area contributed by atoms with Crippen molar-refractivity contribution in [2.75, 3.05) is 10.6 Å². The van der Waals surface area contributed by atoms with Crippen molar-refractivity contribution in [1.82, 2.24) is 20.0 Å². The molecule has 0 spiro atoms. The SMILES string of the molecule is CC[C@@H](Nc1c(C#N)cnc2c(Cl)cc(NC(c3cccc(C#N)c3)c3cn(C4CC4)nn3)cc12)c1ccccc1. The second kappa shape index (κ2) is 11.3. The summed E-state index contributed by atoms with van der Waals surface area (Å²) in [6, 6.07) is 25.9. The van der Waals surface area contributed by atoms with Gasteiger partial charge >= 0.3 is 0 Å². The predicted molar refractivity (Wildman–Crippen MR) is 159 cm³/mol. The zero-order chi connectivity index (χ0) is 28.3. The molecule has 0 saturated heterocycles. The highest BCUT2D eigenvalue weighted by Gasteiger charge is 2.27. The van der Waals surface area contributed by atoms with Gasteiger partial charge in [-0.25, -0.2) is 4.68 Å². The molecule has 1 aliphatic carbocycles. The van der Waals surface area contributed by atoms with Crippen LogP contribution in [0.2, 0.25) is 5.02 Å². The number of hydrogen-bond donors (Lipinski definition) is 2. The van der Waals surface area contributed by atoms with E-state index in [1.54, 1.807) is 12.3 Å². The van der Waals surface area contributed by atoms with Gasteiger partial charge in [0, 0.05) is 17.3 Å². The Morgan fingerprint density at radius 2 is 1.80 bits per heavy atom. The maximum absolute atomic E-state index is 9.99. The molecule has 5 aromatic rings. The Kier molecular flexibility index (Phi) is 7.24. The molecule has 2 aromatic heterocycles. The number of halogens is 1. The molecule has 0 amide bonds. The first-order valence-electron chi connectivity index (χ1n) is 13.6. The third kappa shape index (κ3) is 5.43. The Morgan fingerprint density at radius 3 is 2.54 bits per heavy atom. The van der Waals surface area contributed by atoms with Crippen LogP contribution in [0.15, 0.2) is 79.1 Å². The smallest absolute Gasteiger partial charge is 0.109 e. The van der Waals surface area contributed by atoms with E-state index in [2.05, 4.69) is 57.1 Å². The number of nitrogens with one attached hydrogen (secondary N) is 2. The molecule has 9 heteroatoms. The standard InChI is InChI=1S/C32H27ClN8/c1-2-28(21-8-4-3-5-9-21)38-30-23(17-35)18-36-32-26(30)14-24(15-27(32)33)37-31(22-10-6-7-20(13-22)16-34)29-19-41(40-39-29)25-11-12-25/h3-10,13-15,18-19,25,28,31,37H,2,11-12H2,1H3,(H,36,38)/t28-,31?/m1/s1. The number of nitriles is 2. The maximum Gasteiger partial charge on any atom is 0.109 e. The molecule has 1 saturated carbocycles. The number of hydrogen-bond acceptors (Lipinski definition) is 7. The number of anilines is 2.